The molecule has 0 aromatic heterocycles. The fraction of sp³-hybridized carbons (Fsp3) is 0.211. The third-order valence-corrected chi connectivity index (χ3v) is 3.13. The maximum atomic E-state index is 5.67. The fourth-order valence-corrected chi connectivity index (χ4v) is 1.89. The average molecular weight is 307 g/mol. The Labute approximate surface area is 137 Å². The van der Waals surface area contributed by atoms with Crippen LogP contribution in [0.2, 0.25) is 0 Å². The Hall–Kier alpha value is -2.77. The first-order valence-corrected chi connectivity index (χ1v) is 7.39. The first kappa shape index (κ1) is 16.6. The molecule has 4 heteroatoms. The maximum absolute atomic E-state index is 5.67. The van der Waals surface area contributed by atoms with Crippen LogP contribution in [0.1, 0.15) is 11.1 Å². The Balaban J connectivity index is 2.03. The van der Waals surface area contributed by atoms with Crippen molar-refractivity contribution < 1.29 is 4.74 Å². The molecule has 0 unspecified atom stereocenters. The molecule has 0 aliphatic heterocycles. The minimum Gasteiger partial charge on any atom is -0.492 e. The van der Waals surface area contributed by atoms with Gasteiger partial charge in [-0.1, -0.05) is 24.0 Å². The number of para-hydroxylation sites is 1. The van der Waals surface area contributed by atoms with Crippen molar-refractivity contribution in [2.75, 3.05) is 32.7 Å². The summed E-state index contributed by atoms with van der Waals surface area (Å²) in [5.41, 5.74) is 5.50. The van der Waals surface area contributed by atoms with Crippen molar-refractivity contribution in [1.29, 1.82) is 0 Å². The van der Waals surface area contributed by atoms with Gasteiger partial charge in [0.1, 0.15) is 12.4 Å². The van der Waals surface area contributed by atoms with Crippen LogP contribution < -0.4 is 10.2 Å². The van der Waals surface area contributed by atoms with Crippen molar-refractivity contribution in [3.8, 4) is 17.6 Å². The van der Waals surface area contributed by atoms with Crippen molar-refractivity contribution in [2.45, 2.75) is 0 Å². The minimum atomic E-state index is 0.672. The van der Waals surface area contributed by atoms with Gasteiger partial charge in [-0.05, 0) is 50.5 Å². The molecule has 2 aromatic rings. The van der Waals surface area contributed by atoms with Gasteiger partial charge in [0.25, 0.3) is 0 Å². The van der Waals surface area contributed by atoms with Gasteiger partial charge < -0.3 is 9.64 Å². The van der Waals surface area contributed by atoms with E-state index in [1.165, 1.54) is 0 Å². The first-order valence-electron chi connectivity index (χ1n) is 7.39. The van der Waals surface area contributed by atoms with Gasteiger partial charge in [0.05, 0.1) is 5.69 Å². The highest BCUT2D eigenvalue weighted by Gasteiger charge is 1.97. The van der Waals surface area contributed by atoms with Crippen molar-refractivity contribution in [3.63, 3.8) is 0 Å². The van der Waals surface area contributed by atoms with E-state index in [-0.39, 0.29) is 0 Å². The van der Waals surface area contributed by atoms with E-state index in [0.29, 0.717) is 6.61 Å². The van der Waals surface area contributed by atoms with Crippen LogP contribution in [0.25, 0.3) is 0 Å². The summed E-state index contributed by atoms with van der Waals surface area (Å²) in [6.45, 7) is 5.00. The smallest absolute Gasteiger partial charge is 0.119 e. The molecule has 1 N–H and O–H groups in total. The number of hydrazone groups is 1. The van der Waals surface area contributed by atoms with E-state index in [1.807, 2.05) is 62.6 Å². The Bertz CT molecular complexity index is 697. The number of nitrogens with zero attached hydrogens (tertiary/aromatic N) is 2. The molecule has 0 saturated heterocycles. The molecular weight excluding hydrogens is 286 g/mol. The Morgan fingerprint density at radius 1 is 1.09 bits per heavy atom. The van der Waals surface area contributed by atoms with Gasteiger partial charge >= 0.3 is 0 Å². The summed E-state index contributed by atoms with van der Waals surface area (Å²) in [6.07, 6.45) is 0. The maximum Gasteiger partial charge on any atom is 0.119 e. The lowest BCUT2D eigenvalue weighted by Crippen LogP contribution is -2.19. The number of likely N-dealkylation sites (N-methyl/N-ethyl adjacent to an activating group) is 1. The highest BCUT2D eigenvalue weighted by atomic mass is 16.5. The van der Waals surface area contributed by atoms with Gasteiger partial charge in [-0.3, -0.25) is 5.43 Å². The minimum absolute atomic E-state index is 0.672. The number of ether oxygens (including phenoxy) is 1. The van der Waals surface area contributed by atoms with Crippen LogP contribution in [-0.4, -0.2) is 38.9 Å². The summed E-state index contributed by atoms with van der Waals surface area (Å²) in [4.78, 5) is 2.09. The summed E-state index contributed by atoms with van der Waals surface area (Å²) in [7, 11) is 4.05. The summed E-state index contributed by atoms with van der Waals surface area (Å²) in [6, 6.07) is 15.5. The molecule has 0 spiro atoms. The Morgan fingerprint density at radius 2 is 1.83 bits per heavy atom. The molecular formula is C19H21N3O. The molecule has 4 nitrogen and oxygen atoms in total. The molecule has 0 saturated carbocycles. The van der Waals surface area contributed by atoms with Crippen LogP contribution in [0.4, 0.5) is 5.69 Å². The Morgan fingerprint density at radius 3 is 2.52 bits per heavy atom. The van der Waals surface area contributed by atoms with Gasteiger partial charge in [-0.15, -0.1) is 0 Å². The highest BCUT2D eigenvalue weighted by molar-refractivity contribution is 5.60. The van der Waals surface area contributed by atoms with Gasteiger partial charge in [-0.2, -0.15) is 5.10 Å². The van der Waals surface area contributed by atoms with Gasteiger partial charge in [0.2, 0.25) is 0 Å². The fourth-order valence-electron chi connectivity index (χ4n) is 1.89. The van der Waals surface area contributed by atoms with E-state index in [2.05, 4.69) is 34.0 Å². The third-order valence-electron chi connectivity index (χ3n) is 3.13. The first-order chi connectivity index (χ1) is 11.2. The molecule has 0 radical (unpaired) electrons. The van der Waals surface area contributed by atoms with Crippen molar-refractivity contribution in [2.24, 2.45) is 5.10 Å². The number of nitrogens with one attached hydrogen (secondary N) is 1. The van der Waals surface area contributed by atoms with Gasteiger partial charge in [-0.25, -0.2) is 0 Å². The SMILES string of the molecule is C=NNc1ccccc1C#Cc1ccc(OCCN(C)C)cc1. The van der Waals surface area contributed by atoms with Crippen LogP contribution >= 0.6 is 0 Å². The summed E-state index contributed by atoms with van der Waals surface area (Å²) >= 11 is 0. The summed E-state index contributed by atoms with van der Waals surface area (Å²) < 4.78 is 5.67. The topological polar surface area (TPSA) is 36.9 Å². The zero-order chi connectivity index (χ0) is 16.5. The number of benzene rings is 2. The molecule has 118 valence electrons. The van der Waals surface area contributed by atoms with E-state index in [4.69, 9.17) is 4.74 Å². The second-order valence-electron chi connectivity index (χ2n) is 5.24. The molecule has 0 atom stereocenters. The third kappa shape index (κ3) is 5.50. The van der Waals surface area contributed by atoms with E-state index in [9.17, 15) is 0 Å². The van der Waals surface area contributed by atoms with Crippen LogP contribution in [-0.2, 0) is 0 Å². The van der Waals surface area contributed by atoms with Crippen molar-refractivity contribution in [3.05, 3.63) is 59.7 Å². The van der Waals surface area contributed by atoms with Crippen LogP contribution in [0, 0.1) is 11.8 Å². The second kappa shape index (κ2) is 8.62. The zero-order valence-electron chi connectivity index (χ0n) is 13.5. The number of rotatable bonds is 6. The molecule has 0 amide bonds. The van der Waals surface area contributed by atoms with Crippen molar-refractivity contribution >= 4 is 12.4 Å². The van der Waals surface area contributed by atoms with E-state index >= 15 is 0 Å². The van der Waals surface area contributed by atoms with E-state index in [1.54, 1.807) is 0 Å². The predicted octanol–water partition coefficient (Wildman–Crippen LogP) is 3.05. The van der Waals surface area contributed by atoms with Crippen LogP contribution in [0.5, 0.6) is 5.75 Å². The molecule has 0 fully saturated rings. The van der Waals surface area contributed by atoms with Crippen LogP contribution in [0.3, 0.4) is 0 Å². The normalized spacial score (nSPS) is 9.87. The second-order valence-corrected chi connectivity index (χ2v) is 5.24. The number of hydrogen-bond acceptors (Lipinski definition) is 4. The van der Waals surface area contributed by atoms with E-state index < -0.39 is 0 Å². The monoisotopic (exact) mass is 307 g/mol. The lowest BCUT2D eigenvalue weighted by molar-refractivity contribution is 0.261. The summed E-state index contributed by atoms with van der Waals surface area (Å²) in [5, 5.41) is 3.69. The Kier molecular flexibility index (Phi) is 6.22. The van der Waals surface area contributed by atoms with Gasteiger partial charge in [0, 0.05) is 24.4 Å². The standard InChI is InChI=1S/C19H21N3O/c1-20-21-19-7-5-4-6-17(19)11-8-16-9-12-18(13-10-16)23-15-14-22(2)3/h4-7,9-10,12-13,21H,1,14-15H2,2-3H3. The molecule has 0 bridgehead atoms. The molecule has 0 aliphatic carbocycles. The molecule has 2 aromatic carbocycles. The molecule has 23 heavy (non-hydrogen) atoms. The lowest BCUT2D eigenvalue weighted by atomic mass is 10.1. The largest absolute Gasteiger partial charge is 0.492 e. The van der Waals surface area contributed by atoms with Crippen molar-refractivity contribution in [1.82, 2.24) is 4.90 Å². The molecule has 0 heterocycles. The molecule has 2 rings (SSSR count). The zero-order valence-corrected chi connectivity index (χ0v) is 13.5. The highest BCUT2D eigenvalue weighted by Crippen LogP contribution is 2.15. The number of anilines is 1. The predicted molar refractivity (Wildman–Crippen MR) is 96.1 cm³/mol. The molecule has 0 aliphatic rings. The lowest BCUT2D eigenvalue weighted by Gasteiger charge is -2.10. The number of hydrogen-bond donors (Lipinski definition) is 1. The average Bonchev–Trinajstić information content (AvgIpc) is 2.55. The quantitative estimate of drug-likeness (QED) is 0.506. The van der Waals surface area contributed by atoms with Crippen LogP contribution in [0.15, 0.2) is 53.6 Å². The summed E-state index contributed by atoms with van der Waals surface area (Å²) in [5.74, 6) is 7.15. The van der Waals surface area contributed by atoms with Gasteiger partial charge in [0.15, 0.2) is 0 Å². The van der Waals surface area contributed by atoms with E-state index in [0.717, 1.165) is 29.1 Å².